The van der Waals surface area contributed by atoms with Gasteiger partial charge in [0, 0.05) is 16.5 Å². The van der Waals surface area contributed by atoms with Crippen molar-refractivity contribution < 1.29 is 4.42 Å². The van der Waals surface area contributed by atoms with E-state index in [9.17, 15) is 0 Å². The average molecular weight is 371 g/mol. The Kier molecular flexibility index (Phi) is 4.28. The first-order valence-electron chi connectivity index (χ1n) is 8.05. The third-order valence-electron chi connectivity index (χ3n) is 4.28. The SMILES string of the molecule is Cc1ccc(C2=NN(c3ccccc3)C(c3ccc(Cl)cc3Cl)C2)o1. The molecule has 4 rings (SSSR count). The number of aryl methyl sites for hydroxylation is 1. The molecule has 1 atom stereocenters. The van der Waals surface area contributed by atoms with Crippen LogP contribution in [0, 0.1) is 6.92 Å². The summed E-state index contributed by atoms with van der Waals surface area (Å²) in [7, 11) is 0. The fourth-order valence-electron chi connectivity index (χ4n) is 3.08. The summed E-state index contributed by atoms with van der Waals surface area (Å²) in [4.78, 5) is 0. The van der Waals surface area contributed by atoms with Gasteiger partial charge in [0.2, 0.25) is 0 Å². The van der Waals surface area contributed by atoms with E-state index in [-0.39, 0.29) is 6.04 Å². The van der Waals surface area contributed by atoms with Gasteiger partial charge in [-0.05, 0) is 48.9 Å². The largest absolute Gasteiger partial charge is 0.460 e. The summed E-state index contributed by atoms with van der Waals surface area (Å²) in [6.07, 6.45) is 0.712. The van der Waals surface area contributed by atoms with E-state index < -0.39 is 0 Å². The zero-order valence-corrected chi connectivity index (χ0v) is 15.1. The van der Waals surface area contributed by atoms with Gasteiger partial charge in [0.25, 0.3) is 0 Å². The first-order valence-corrected chi connectivity index (χ1v) is 8.81. The van der Waals surface area contributed by atoms with Crippen molar-refractivity contribution >= 4 is 34.6 Å². The fraction of sp³-hybridized carbons (Fsp3) is 0.150. The number of hydrazone groups is 1. The molecule has 0 fully saturated rings. The minimum atomic E-state index is -0.00688. The van der Waals surface area contributed by atoms with Crippen LogP contribution in [0.2, 0.25) is 10.0 Å². The smallest absolute Gasteiger partial charge is 0.150 e. The molecular weight excluding hydrogens is 355 g/mol. The molecule has 3 nitrogen and oxygen atoms in total. The van der Waals surface area contributed by atoms with E-state index in [0.29, 0.717) is 16.5 Å². The van der Waals surface area contributed by atoms with Crippen molar-refractivity contribution in [3.05, 3.63) is 87.8 Å². The van der Waals surface area contributed by atoms with E-state index in [4.69, 9.17) is 32.7 Å². The first kappa shape index (κ1) is 16.2. The highest BCUT2D eigenvalue weighted by Gasteiger charge is 2.32. The van der Waals surface area contributed by atoms with Gasteiger partial charge in [-0.15, -0.1) is 0 Å². The Balaban J connectivity index is 1.77. The molecule has 1 aromatic heterocycles. The highest BCUT2D eigenvalue weighted by Crippen LogP contribution is 2.40. The van der Waals surface area contributed by atoms with Gasteiger partial charge in [-0.2, -0.15) is 5.10 Å². The minimum Gasteiger partial charge on any atom is -0.460 e. The molecule has 1 aliphatic rings. The van der Waals surface area contributed by atoms with Crippen molar-refractivity contribution in [2.45, 2.75) is 19.4 Å². The Morgan fingerprint density at radius 2 is 1.84 bits per heavy atom. The molecule has 0 N–H and O–H groups in total. The quantitative estimate of drug-likeness (QED) is 0.544. The normalized spacial score (nSPS) is 17.0. The van der Waals surface area contributed by atoms with E-state index in [0.717, 1.165) is 28.5 Å². The number of hydrogen-bond donors (Lipinski definition) is 0. The number of halogens is 2. The zero-order valence-electron chi connectivity index (χ0n) is 13.6. The predicted molar refractivity (Wildman–Crippen MR) is 103 cm³/mol. The predicted octanol–water partition coefficient (Wildman–Crippen LogP) is 6.25. The molecule has 0 radical (unpaired) electrons. The Labute approximate surface area is 156 Å². The fourth-order valence-corrected chi connectivity index (χ4v) is 3.62. The monoisotopic (exact) mass is 370 g/mol. The minimum absolute atomic E-state index is 0.00688. The summed E-state index contributed by atoms with van der Waals surface area (Å²) in [5.74, 6) is 1.67. The van der Waals surface area contributed by atoms with Crippen molar-refractivity contribution in [1.82, 2.24) is 0 Å². The van der Waals surface area contributed by atoms with E-state index in [1.54, 1.807) is 6.07 Å². The number of anilines is 1. The van der Waals surface area contributed by atoms with Crippen molar-refractivity contribution in [3.8, 4) is 0 Å². The summed E-state index contributed by atoms with van der Waals surface area (Å²) in [6.45, 7) is 1.93. The molecule has 2 aromatic carbocycles. The highest BCUT2D eigenvalue weighted by atomic mass is 35.5. The number of benzene rings is 2. The molecule has 0 amide bonds. The van der Waals surface area contributed by atoms with E-state index >= 15 is 0 Å². The Morgan fingerprint density at radius 3 is 2.52 bits per heavy atom. The van der Waals surface area contributed by atoms with Crippen molar-refractivity contribution in [3.63, 3.8) is 0 Å². The molecule has 126 valence electrons. The molecule has 0 saturated carbocycles. The average Bonchev–Trinajstić information content (AvgIpc) is 3.22. The summed E-state index contributed by atoms with van der Waals surface area (Å²) in [5.41, 5.74) is 2.92. The maximum atomic E-state index is 6.47. The lowest BCUT2D eigenvalue weighted by Crippen LogP contribution is -2.18. The topological polar surface area (TPSA) is 28.7 Å². The molecule has 0 spiro atoms. The highest BCUT2D eigenvalue weighted by molar-refractivity contribution is 6.35. The Morgan fingerprint density at radius 1 is 1.04 bits per heavy atom. The van der Waals surface area contributed by atoms with Crippen molar-refractivity contribution in [2.75, 3.05) is 5.01 Å². The first-order chi connectivity index (χ1) is 12.1. The number of nitrogens with zero attached hydrogens (tertiary/aromatic N) is 2. The second kappa shape index (κ2) is 6.58. The third-order valence-corrected chi connectivity index (χ3v) is 4.84. The summed E-state index contributed by atoms with van der Waals surface area (Å²) in [5, 5.41) is 8.10. The van der Waals surface area contributed by atoms with Crippen LogP contribution in [0.15, 0.2) is 70.2 Å². The summed E-state index contributed by atoms with van der Waals surface area (Å²) < 4.78 is 5.77. The van der Waals surface area contributed by atoms with Gasteiger partial charge in [-0.25, -0.2) is 0 Å². The molecule has 3 aromatic rings. The lowest BCUT2D eigenvalue weighted by Gasteiger charge is -2.24. The maximum absolute atomic E-state index is 6.47. The second-order valence-corrected chi connectivity index (χ2v) is 6.87. The lowest BCUT2D eigenvalue weighted by molar-refractivity contribution is 0.524. The molecule has 1 unspecified atom stereocenters. The molecular formula is C20H16Cl2N2O. The van der Waals surface area contributed by atoms with Crippen LogP contribution in [0.5, 0.6) is 0 Å². The van der Waals surface area contributed by atoms with Gasteiger partial charge >= 0.3 is 0 Å². The maximum Gasteiger partial charge on any atom is 0.150 e. The van der Waals surface area contributed by atoms with Crippen LogP contribution in [0.3, 0.4) is 0 Å². The lowest BCUT2D eigenvalue weighted by atomic mass is 10.0. The number of para-hydroxylation sites is 1. The van der Waals surface area contributed by atoms with Gasteiger partial charge in [0.15, 0.2) is 0 Å². The van der Waals surface area contributed by atoms with Crippen LogP contribution >= 0.6 is 23.2 Å². The standard InChI is InChI=1S/C20H16Cl2N2O/c1-13-7-10-20(25-13)18-12-19(16-9-8-14(21)11-17(16)22)24(23-18)15-5-3-2-4-6-15/h2-11,19H,12H2,1H3. The van der Waals surface area contributed by atoms with Crippen LogP contribution < -0.4 is 5.01 Å². The van der Waals surface area contributed by atoms with E-state index in [2.05, 4.69) is 0 Å². The summed E-state index contributed by atoms with van der Waals surface area (Å²) >= 11 is 12.5. The number of furan rings is 1. The van der Waals surface area contributed by atoms with Crippen LogP contribution in [-0.4, -0.2) is 5.71 Å². The van der Waals surface area contributed by atoms with Gasteiger partial charge < -0.3 is 4.42 Å². The summed E-state index contributed by atoms with van der Waals surface area (Å²) in [6, 6.07) is 19.6. The van der Waals surface area contributed by atoms with Gasteiger partial charge in [0.1, 0.15) is 17.2 Å². The van der Waals surface area contributed by atoms with Gasteiger partial charge in [-0.3, -0.25) is 5.01 Å². The van der Waals surface area contributed by atoms with Crippen LogP contribution in [0.1, 0.15) is 29.5 Å². The van der Waals surface area contributed by atoms with E-state index in [1.807, 2.05) is 66.5 Å². The Bertz CT molecular complexity index is 934. The van der Waals surface area contributed by atoms with E-state index in [1.165, 1.54) is 0 Å². The van der Waals surface area contributed by atoms with Gasteiger partial charge in [0.05, 0.1) is 11.7 Å². The van der Waals surface area contributed by atoms with Crippen LogP contribution in [0.25, 0.3) is 0 Å². The molecule has 1 aliphatic heterocycles. The van der Waals surface area contributed by atoms with Crippen LogP contribution in [-0.2, 0) is 0 Å². The Hall–Kier alpha value is -2.23. The molecule has 0 saturated heterocycles. The number of hydrogen-bond acceptors (Lipinski definition) is 3. The molecule has 25 heavy (non-hydrogen) atoms. The molecule has 5 heteroatoms. The second-order valence-electron chi connectivity index (χ2n) is 6.02. The zero-order chi connectivity index (χ0) is 17.4. The van der Waals surface area contributed by atoms with Crippen molar-refractivity contribution in [2.24, 2.45) is 5.10 Å². The van der Waals surface area contributed by atoms with Gasteiger partial charge in [-0.1, -0.05) is 47.5 Å². The number of rotatable bonds is 3. The van der Waals surface area contributed by atoms with Crippen molar-refractivity contribution in [1.29, 1.82) is 0 Å². The molecule has 2 heterocycles. The third kappa shape index (κ3) is 3.17. The van der Waals surface area contributed by atoms with Crippen LogP contribution in [0.4, 0.5) is 5.69 Å². The molecule has 0 bridgehead atoms. The molecule has 0 aliphatic carbocycles.